The summed E-state index contributed by atoms with van der Waals surface area (Å²) in [5, 5.41) is 4.38. The first-order chi connectivity index (χ1) is 12.0. The molecule has 0 bridgehead atoms. The maximum atomic E-state index is 11.8. The molecular formula is C17H25N5O2S. The molecule has 7 nitrogen and oxygen atoms in total. The van der Waals surface area contributed by atoms with E-state index in [-0.39, 0.29) is 5.92 Å². The summed E-state index contributed by atoms with van der Waals surface area (Å²) in [6.07, 6.45) is 10.1. The summed E-state index contributed by atoms with van der Waals surface area (Å²) < 4.78 is 27.2. The van der Waals surface area contributed by atoms with E-state index in [0.717, 1.165) is 49.3 Å². The van der Waals surface area contributed by atoms with Gasteiger partial charge in [0.25, 0.3) is 0 Å². The van der Waals surface area contributed by atoms with Gasteiger partial charge in [0.2, 0.25) is 10.0 Å². The van der Waals surface area contributed by atoms with Crippen LogP contribution < -0.4 is 0 Å². The van der Waals surface area contributed by atoms with Gasteiger partial charge in [0.15, 0.2) is 0 Å². The van der Waals surface area contributed by atoms with Crippen LogP contribution in [0.25, 0.3) is 11.4 Å². The highest BCUT2D eigenvalue weighted by atomic mass is 32.2. The lowest BCUT2D eigenvalue weighted by Crippen LogP contribution is -2.40. The van der Waals surface area contributed by atoms with E-state index in [0.29, 0.717) is 13.1 Å². The molecule has 0 amide bonds. The van der Waals surface area contributed by atoms with E-state index in [2.05, 4.69) is 22.0 Å². The fourth-order valence-corrected chi connectivity index (χ4v) is 4.36. The van der Waals surface area contributed by atoms with Gasteiger partial charge in [-0.2, -0.15) is 5.10 Å². The lowest BCUT2D eigenvalue weighted by Gasteiger charge is -2.31. The van der Waals surface area contributed by atoms with E-state index in [1.807, 2.05) is 10.7 Å². The monoisotopic (exact) mass is 363 g/mol. The lowest BCUT2D eigenvalue weighted by atomic mass is 9.93. The van der Waals surface area contributed by atoms with E-state index in [1.165, 1.54) is 6.26 Å². The van der Waals surface area contributed by atoms with Crippen molar-refractivity contribution in [1.29, 1.82) is 0 Å². The molecule has 25 heavy (non-hydrogen) atoms. The normalized spacial score (nSPS) is 19.2. The van der Waals surface area contributed by atoms with Gasteiger partial charge in [0.1, 0.15) is 5.69 Å². The molecule has 0 radical (unpaired) electrons. The summed E-state index contributed by atoms with van der Waals surface area (Å²) in [5.41, 5.74) is 2.74. The third-order valence-electron chi connectivity index (χ3n) is 4.60. The Balaban J connectivity index is 1.83. The Morgan fingerprint density at radius 2 is 2.04 bits per heavy atom. The Morgan fingerprint density at radius 3 is 2.80 bits per heavy atom. The zero-order valence-electron chi connectivity index (χ0n) is 14.8. The van der Waals surface area contributed by atoms with Crippen molar-refractivity contribution in [2.24, 2.45) is 5.92 Å². The third kappa shape index (κ3) is 4.24. The average molecular weight is 363 g/mol. The van der Waals surface area contributed by atoms with Gasteiger partial charge in [0, 0.05) is 38.2 Å². The van der Waals surface area contributed by atoms with E-state index in [9.17, 15) is 8.42 Å². The summed E-state index contributed by atoms with van der Waals surface area (Å²) in [5.74, 6) is 0.265. The van der Waals surface area contributed by atoms with Gasteiger partial charge < -0.3 is 0 Å². The first-order valence-electron chi connectivity index (χ1n) is 8.76. The molecule has 2 aromatic heterocycles. The number of rotatable bonds is 6. The summed E-state index contributed by atoms with van der Waals surface area (Å²) in [7, 11) is -3.14. The van der Waals surface area contributed by atoms with Gasteiger partial charge >= 0.3 is 0 Å². The van der Waals surface area contributed by atoms with Crippen LogP contribution in [-0.4, -0.2) is 51.8 Å². The number of aromatic nitrogens is 4. The lowest BCUT2D eigenvalue weighted by molar-refractivity contribution is 0.265. The van der Waals surface area contributed by atoms with E-state index in [1.54, 1.807) is 22.9 Å². The molecule has 1 atom stereocenters. The third-order valence-corrected chi connectivity index (χ3v) is 5.87. The van der Waals surface area contributed by atoms with E-state index in [4.69, 9.17) is 0 Å². The quantitative estimate of drug-likeness (QED) is 0.784. The van der Waals surface area contributed by atoms with Gasteiger partial charge in [-0.1, -0.05) is 6.92 Å². The summed E-state index contributed by atoms with van der Waals surface area (Å²) in [6.45, 7) is 4.13. The van der Waals surface area contributed by atoms with Crippen LogP contribution in [-0.2, 0) is 23.0 Å². The SMILES string of the molecule is CCCn1nccc1-c1nccnc1C[C@@H]1CCCN(S(C)(=O)=O)C1. The van der Waals surface area contributed by atoms with Crippen molar-refractivity contribution < 1.29 is 8.42 Å². The molecule has 3 rings (SSSR count). The van der Waals surface area contributed by atoms with Gasteiger partial charge in [-0.25, -0.2) is 12.7 Å². The number of sulfonamides is 1. The van der Waals surface area contributed by atoms with Crippen LogP contribution in [0.2, 0.25) is 0 Å². The number of piperidine rings is 1. The van der Waals surface area contributed by atoms with Crippen LogP contribution in [0.1, 0.15) is 31.9 Å². The molecule has 1 saturated heterocycles. The molecule has 1 aliphatic rings. The standard InChI is InChI=1S/C17H25N5O2S/c1-3-10-22-16(6-7-20-22)17-15(18-8-9-19-17)12-14-5-4-11-21(13-14)25(2,23)24/h6-9,14H,3-5,10-13H2,1-2H3/t14-/m0/s1. The van der Waals surface area contributed by atoms with Crippen LogP contribution in [0.5, 0.6) is 0 Å². The number of hydrogen-bond acceptors (Lipinski definition) is 5. The minimum atomic E-state index is -3.14. The summed E-state index contributed by atoms with van der Waals surface area (Å²) >= 11 is 0. The first-order valence-corrected chi connectivity index (χ1v) is 10.6. The van der Waals surface area contributed by atoms with Crippen LogP contribution in [0.4, 0.5) is 0 Å². The van der Waals surface area contributed by atoms with Crippen molar-refractivity contribution >= 4 is 10.0 Å². The summed E-state index contributed by atoms with van der Waals surface area (Å²) in [6, 6.07) is 1.97. The van der Waals surface area contributed by atoms with Crippen molar-refractivity contribution in [3.63, 3.8) is 0 Å². The largest absolute Gasteiger partial charge is 0.263 e. The van der Waals surface area contributed by atoms with Gasteiger partial charge in [0.05, 0.1) is 17.6 Å². The van der Waals surface area contributed by atoms with E-state index < -0.39 is 10.0 Å². The molecule has 3 heterocycles. The molecule has 0 N–H and O–H groups in total. The molecular weight excluding hydrogens is 338 g/mol. The number of hydrogen-bond donors (Lipinski definition) is 0. The zero-order chi connectivity index (χ0) is 17.9. The maximum absolute atomic E-state index is 11.8. The maximum Gasteiger partial charge on any atom is 0.211 e. The second-order valence-corrected chi connectivity index (χ2v) is 8.61. The molecule has 0 spiro atoms. The highest BCUT2D eigenvalue weighted by molar-refractivity contribution is 7.88. The Hall–Kier alpha value is -1.80. The fourth-order valence-electron chi connectivity index (χ4n) is 3.42. The Labute approximate surface area is 149 Å². The van der Waals surface area contributed by atoms with Crippen molar-refractivity contribution in [2.75, 3.05) is 19.3 Å². The second-order valence-electron chi connectivity index (χ2n) is 6.62. The minimum absolute atomic E-state index is 0.265. The van der Waals surface area contributed by atoms with Crippen molar-refractivity contribution in [3.8, 4) is 11.4 Å². The second kappa shape index (κ2) is 7.61. The Bertz CT molecular complexity index is 818. The molecule has 0 aromatic carbocycles. The van der Waals surface area contributed by atoms with Crippen molar-refractivity contribution in [1.82, 2.24) is 24.1 Å². The fraction of sp³-hybridized carbons (Fsp3) is 0.588. The average Bonchev–Trinajstić information content (AvgIpc) is 3.03. The Kier molecular flexibility index (Phi) is 5.48. The number of aryl methyl sites for hydroxylation is 1. The van der Waals surface area contributed by atoms with Crippen molar-refractivity contribution in [3.05, 3.63) is 30.4 Å². The molecule has 0 aliphatic carbocycles. The van der Waals surface area contributed by atoms with Gasteiger partial charge in [-0.05, 0) is 37.7 Å². The van der Waals surface area contributed by atoms with Crippen LogP contribution >= 0.6 is 0 Å². The van der Waals surface area contributed by atoms with Gasteiger partial charge in [-0.3, -0.25) is 14.6 Å². The predicted molar refractivity (Wildman–Crippen MR) is 96.4 cm³/mol. The van der Waals surface area contributed by atoms with Crippen LogP contribution in [0, 0.1) is 5.92 Å². The molecule has 2 aromatic rings. The van der Waals surface area contributed by atoms with Gasteiger partial charge in [-0.15, -0.1) is 0 Å². The first kappa shape index (κ1) is 18.0. The topological polar surface area (TPSA) is 81.0 Å². The van der Waals surface area contributed by atoms with E-state index >= 15 is 0 Å². The molecule has 136 valence electrons. The Morgan fingerprint density at radius 1 is 1.24 bits per heavy atom. The molecule has 0 unspecified atom stereocenters. The summed E-state index contributed by atoms with van der Waals surface area (Å²) in [4.78, 5) is 9.09. The molecule has 0 saturated carbocycles. The smallest absolute Gasteiger partial charge is 0.211 e. The van der Waals surface area contributed by atoms with Crippen LogP contribution in [0.15, 0.2) is 24.7 Å². The number of nitrogens with zero attached hydrogens (tertiary/aromatic N) is 5. The molecule has 8 heteroatoms. The highest BCUT2D eigenvalue weighted by Crippen LogP contribution is 2.26. The molecule has 1 aliphatic heterocycles. The highest BCUT2D eigenvalue weighted by Gasteiger charge is 2.27. The molecule has 1 fully saturated rings. The van der Waals surface area contributed by atoms with Crippen molar-refractivity contribution in [2.45, 2.75) is 39.2 Å². The zero-order valence-corrected chi connectivity index (χ0v) is 15.6. The predicted octanol–water partition coefficient (Wildman–Crippen LogP) is 1.96. The minimum Gasteiger partial charge on any atom is -0.263 e. The van der Waals surface area contributed by atoms with Crippen LogP contribution in [0.3, 0.4) is 0 Å².